The van der Waals surface area contributed by atoms with E-state index < -0.39 is 22.7 Å². The van der Waals surface area contributed by atoms with Gasteiger partial charge in [0.1, 0.15) is 11.6 Å². The summed E-state index contributed by atoms with van der Waals surface area (Å²) in [5.74, 6) is -1.89. The third-order valence-corrected chi connectivity index (χ3v) is 4.68. The van der Waals surface area contributed by atoms with Crippen LogP contribution in [0.15, 0.2) is 52.4 Å². The lowest BCUT2D eigenvalue weighted by Crippen LogP contribution is -2.41. The normalized spacial score (nSPS) is 11.6. The standard InChI is InChI=1S/C20H19F2N3O2S/c1-20(2,3)24-17(26)11-28-19-23-15-7-5-4-6-13(15)18(27)25(19)16-9-8-12(21)10-14(16)22/h4-10H,11H2,1-3H3,(H,24,26). The van der Waals surface area contributed by atoms with Gasteiger partial charge < -0.3 is 5.32 Å². The van der Waals surface area contributed by atoms with Gasteiger partial charge in [-0.3, -0.25) is 14.2 Å². The van der Waals surface area contributed by atoms with Crippen LogP contribution in [0.2, 0.25) is 0 Å². The number of nitrogens with zero attached hydrogens (tertiary/aromatic N) is 2. The summed E-state index contributed by atoms with van der Waals surface area (Å²) in [5.41, 5.74) is -0.583. The highest BCUT2D eigenvalue weighted by atomic mass is 32.2. The molecule has 1 N–H and O–H groups in total. The van der Waals surface area contributed by atoms with Gasteiger partial charge in [-0.05, 0) is 45.0 Å². The highest BCUT2D eigenvalue weighted by Gasteiger charge is 2.19. The van der Waals surface area contributed by atoms with E-state index in [-0.39, 0.29) is 22.5 Å². The van der Waals surface area contributed by atoms with Crippen molar-refractivity contribution in [1.29, 1.82) is 0 Å². The molecule has 3 aromatic rings. The van der Waals surface area contributed by atoms with Gasteiger partial charge in [0, 0.05) is 11.6 Å². The van der Waals surface area contributed by atoms with Crippen molar-refractivity contribution >= 4 is 28.6 Å². The number of benzene rings is 2. The van der Waals surface area contributed by atoms with Crippen LogP contribution in [0.4, 0.5) is 8.78 Å². The van der Waals surface area contributed by atoms with Gasteiger partial charge in [0.15, 0.2) is 5.16 Å². The number of amides is 1. The van der Waals surface area contributed by atoms with Crippen molar-refractivity contribution in [2.45, 2.75) is 31.5 Å². The van der Waals surface area contributed by atoms with Gasteiger partial charge in [-0.1, -0.05) is 23.9 Å². The molecule has 0 aliphatic rings. The molecule has 3 rings (SSSR count). The Morgan fingerprint density at radius 3 is 2.57 bits per heavy atom. The number of hydrogen-bond donors (Lipinski definition) is 1. The molecule has 0 aliphatic heterocycles. The third kappa shape index (κ3) is 4.39. The molecule has 0 unspecified atom stereocenters. The Bertz CT molecular complexity index is 1110. The Morgan fingerprint density at radius 1 is 1.18 bits per heavy atom. The van der Waals surface area contributed by atoms with Crippen molar-refractivity contribution < 1.29 is 13.6 Å². The van der Waals surface area contributed by atoms with Gasteiger partial charge in [0.05, 0.1) is 22.3 Å². The highest BCUT2D eigenvalue weighted by molar-refractivity contribution is 7.99. The van der Waals surface area contributed by atoms with Crippen molar-refractivity contribution in [3.63, 3.8) is 0 Å². The Kier molecular flexibility index (Phi) is 5.51. The molecule has 28 heavy (non-hydrogen) atoms. The van der Waals surface area contributed by atoms with E-state index in [1.54, 1.807) is 24.3 Å². The van der Waals surface area contributed by atoms with Gasteiger partial charge in [0.2, 0.25) is 5.91 Å². The molecule has 8 heteroatoms. The van der Waals surface area contributed by atoms with Crippen LogP contribution in [-0.4, -0.2) is 26.8 Å². The van der Waals surface area contributed by atoms with E-state index in [0.717, 1.165) is 22.4 Å². The molecule has 0 saturated carbocycles. The van der Waals surface area contributed by atoms with Gasteiger partial charge >= 0.3 is 0 Å². The lowest BCUT2D eigenvalue weighted by Gasteiger charge is -2.20. The molecule has 0 atom stereocenters. The fourth-order valence-electron chi connectivity index (χ4n) is 2.67. The first-order chi connectivity index (χ1) is 13.2. The van der Waals surface area contributed by atoms with Crippen LogP contribution in [0.5, 0.6) is 0 Å². The first kappa shape index (κ1) is 20.0. The predicted molar refractivity (Wildman–Crippen MR) is 106 cm³/mol. The summed E-state index contributed by atoms with van der Waals surface area (Å²) in [4.78, 5) is 29.6. The molecule has 1 aromatic heterocycles. The molecule has 0 spiro atoms. The van der Waals surface area contributed by atoms with Crippen LogP contribution in [-0.2, 0) is 4.79 Å². The summed E-state index contributed by atoms with van der Waals surface area (Å²) in [5, 5.41) is 3.27. The zero-order chi connectivity index (χ0) is 20.5. The second-order valence-electron chi connectivity index (χ2n) is 7.23. The number of thioether (sulfide) groups is 1. The van der Waals surface area contributed by atoms with E-state index in [4.69, 9.17) is 0 Å². The Morgan fingerprint density at radius 2 is 1.89 bits per heavy atom. The molecule has 0 bridgehead atoms. The van der Waals surface area contributed by atoms with Crippen LogP contribution in [0, 0.1) is 11.6 Å². The fraction of sp³-hybridized carbons (Fsp3) is 0.250. The van der Waals surface area contributed by atoms with Crippen LogP contribution in [0.3, 0.4) is 0 Å². The molecule has 5 nitrogen and oxygen atoms in total. The highest BCUT2D eigenvalue weighted by Crippen LogP contribution is 2.23. The average molecular weight is 403 g/mol. The smallest absolute Gasteiger partial charge is 0.266 e. The number of carbonyl (C=O) groups excluding carboxylic acids is 1. The van der Waals surface area contributed by atoms with Crippen LogP contribution in [0.1, 0.15) is 20.8 Å². The third-order valence-electron chi connectivity index (χ3n) is 3.74. The summed E-state index contributed by atoms with van der Waals surface area (Å²) in [7, 11) is 0. The minimum absolute atomic E-state index is 0.00906. The monoisotopic (exact) mass is 403 g/mol. The van der Waals surface area contributed by atoms with E-state index in [1.165, 1.54) is 6.07 Å². The number of rotatable bonds is 4. The fourth-order valence-corrected chi connectivity index (χ4v) is 3.47. The lowest BCUT2D eigenvalue weighted by molar-refractivity contribution is -0.119. The van der Waals surface area contributed by atoms with E-state index >= 15 is 0 Å². The molecule has 0 saturated heterocycles. The molecule has 2 aromatic carbocycles. The van der Waals surface area contributed by atoms with Gasteiger partial charge in [-0.2, -0.15) is 0 Å². The second kappa shape index (κ2) is 7.71. The molecule has 0 aliphatic carbocycles. The first-order valence-corrected chi connectivity index (χ1v) is 9.55. The molecular formula is C20H19F2N3O2S. The van der Waals surface area contributed by atoms with Crippen LogP contribution in [0.25, 0.3) is 16.6 Å². The maximum Gasteiger partial charge on any atom is 0.266 e. The number of aromatic nitrogens is 2. The Hall–Kier alpha value is -2.74. The van der Waals surface area contributed by atoms with Crippen molar-refractivity contribution in [1.82, 2.24) is 14.9 Å². The van der Waals surface area contributed by atoms with Gasteiger partial charge in [-0.25, -0.2) is 13.8 Å². The van der Waals surface area contributed by atoms with E-state index in [9.17, 15) is 18.4 Å². The average Bonchev–Trinajstić information content (AvgIpc) is 2.60. The van der Waals surface area contributed by atoms with Crippen LogP contribution < -0.4 is 10.9 Å². The maximum absolute atomic E-state index is 14.4. The molecule has 146 valence electrons. The zero-order valence-corrected chi connectivity index (χ0v) is 16.4. The number of para-hydroxylation sites is 1. The maximum atomic E-state index is 14.4. The molecule has 0 radical (unpaired) electrons. The van der Waals surface area contributed by atoms with E-state index in [1.807, 2.05) is 20.8 Å². The number of hydrogen-bond acceptors (Lipinski definition) is 4. The summed E-state index contributed by atoms with van der Waals surface area (Å²) < 4.78 is 28.8. The molecular weight excluding hydrogens is 384 g/mol. The van der Waals surface area contributed by atoms with Gasteiger partial charge in [0.25, 0.3) is 5.56 Å². The minimum atomic E-state index is -0.889. The van der Waals surface area contributed by atoms with Crippen LogP contribution >= 0.6 is 11.8 Å². The summed E-state index contributed by atoms with van der Waals surface area (Å²) in [6.45, 7) is 5.56. The number of carbonyl (C=O) groups is 1. The number of fused-ring (bicyclic) bond motifs is 1. The SMILES string of the molecule is CC(C)(C)NC(=O)CSc1nc2ccccc2c(=O)n1-c1ccc(F)cc1F. The van der Waals surface area contributed by atoms with E-state index in [2.05, 4.69) is 10.3 Å². The lowest BCUT2D eigenvalue weighted by atomic mass is 10.1. The van der Waals surface area contributed by atoms with Crippen molar-refractivity contribution in [3.8, 4) is 5.69 Å². The van der Waals surface area contributed by atoms with Crippen molar-refractivity contribution in [2.75, 3.05) is 5.75 Å². The summed E-state index contributed by atoms with van der Waals surface area (Å²) in [6.07, 6.45) is 0. The van der Waals surface area contributed by atoms with Gasteiger partial charge in [-0.15, -0.1) is 0 Å². The topological polar surface area (TPSA) is 64.0 Å². The Labute approximate surface area is 164 Å². The van der Waals surface area contributed by atoms with Crippen molar-refractivity contribution in [2.24, 2.45) is 0 Å². The molecule has 0 fully saturated rings. The largest absolute Gasteiger partial charge is 0.351 e. The second-order valence-corrected chi connectivity index (χ2v) is 8.18. The van der Waals surface area contributed by atoms with Crippen molar-refractivity contribution in [3.05, 3.63) is 64.5 Å². The molecule has 1 heterocycles. The zero-order valence-electron chi connectivity index (χ0n) is 15.6. The first-order valence-electron chi connectivity index (χ1n) is 8.57. The van der Waals surface area contributed by atoms with E-state index in [0.29, 0.717) is 17.0 Å². The Balaban J connectivity index is 2.10. The summed E-state index contributed by atoms with van der Waals surface area (Å²) in [6, 6.07) is 9.63. The predicted octanol–water partition coefficient (Wildman–Crippen LogP) is 3.67. The molecule has 1 amide bonds. The quantitative estimate of drug-likeness (QED) is 0.533. The number of nitrogens with one attached hydrogen (secondary N) is 1. The summed E-state index contributed by atoms with van der Waals surface area (Å²) >= 11 is 1.01. The minimum Gasteiger partial charge on any atom is -0.351 e. The number of halogens is 2.